The summed E-state index contributed by atoms with van der Waals surface area (Å²) in [7, 11) is 3.22. The quantitative estimate of drug-likeness (QED) is 0.663. The number of rotatable bonds is 5. The summed E-state index contributed by atoms with van der Waals surface area (Å²) in [5.41, 5.74) is 1.09. The molecule has 0 radical (unpaired) electrons. The van der Waals surface area contributed by atoms with Gasteiger partial charge in [0.15, 0.2) is 11.5 Å². The summed E-state index contributed by atoms with van der Waals surface area (Å²) in [6.07, 6.45) is 2.55. The number of methoxy groups -OCH3 is 2. The maximum absolute atomic E-state index is 12.6. The predicted molar refractivity (Wildman–Crippen MR) is 99.2 cm³/mol. The molecule has 1 heterocycles. The van der Waals surface area contributed by atoms with E-state index in [1.165, 1.54) is 0 Å². The first-order valence-electron chi connectivity index (χ1n) is 7.62. The third-order valence-corrected chi connectivity index (χ3v) is 4.80. The van der Waals surface area contributed by atoms with E-state index in [2.05, 4.69) is 15.9 Å². The summed E-state index contributed by atoms with van der Waals surface area (Å²) in [6, 6.07) is 13.4. The molecule has 0 amide bonds. The molecule has 0 saturated heterocycles. The molecular weight excluding hydrogens is 370 g/mol. The Hall–Kier alpha value is -2.27. The lowest BCUT2D eigenvalue weighted by Crippen LogP contribution is -2.20. The zero-order chi connectivity index (χ0) is 17.1. The second-order valence-electron chi connectivity index (χ2n) is 5.45. The molecule has 5 heteroatoms. The zero-order valence-electron chi connectivity index (χ0n) is 13.6. The first-order chi connectivity index (χ1) is 11.6. The van der Waals surface area contributed by atoms with E-state index in [0.717, 1.165) is 20.8 Å². The molecule has 0 N–H and O–H groups in total. The number of aromatic nitrogens is 1. The van der Waals surface area contributed by atoms with E-state index < -0.39 is 0 Å². The second kappa shape index (κ2) is 7.09. The molecule has 3 aromatic rings. The Morgan fingerprint density at radius 2 is 1.75 bits per heavy atom. The Kier molecular flexibility index (Phi) is 4.90. The third kappa shape index (κ3) is 3.17. The maximum atomic E-state index is 12.6. The Labute approximate surface area is 148 Å². The number of hydrogen-bond acceptors (Lipinski definition) is 3. The summed E-state index contributed by atoms with van der Waals surface area (Å²) in [4.78, 5) is 12.6. The summed E-state index contributed by atoms with van der Waals surface area (Å²) in [5.74, 6) is 1.36. The molecule has 124 valence electrons. The zero-order valence-corrected chi connectivity index (χ0v) is 15.2. The highest BCUT2D eigenvalue weighted by Crippen LogP contribution is 2.33. The number of hydrogen-bond donors (Lipinski definition) is 0. The van der Waals surface area contributed by atoms with Gasteiger partial charge in [0.1, 0.15) is 0 Å². The maximum Gasteiger partial charge on any atom is 0.258 e. The van der Waals surface area contributed by atoms with E-state index in [0.29, 0.717) is 24.5 Å². The number of benzene rings is 2. The average Bonchev–Trinajstić information content (AvgIpc) is 2.62. The van der Waals surface area contributed by atoms with Gasteiger partial charge in [-0.2, -0.15) is 0 Å². The van der Waals surface area contributed by atoms with Crippen molar-refractivity contribution in [2.75, 3.05) is 14.2 Å². The largest absolute Gasteiger partial charge is 0.493 e. The molecule has 4 nitrogen and oxygen atoms in total. The van der Waals surface area contributed by atoms with E-state index in [9.17, 15) is 4.79 Å². The predicted octanol–water partition coefficient (Wildman–Crippen LogP) is 4.02. The van der Waals surface area contributed by atoms with Crippen LogP contribution < -0.4 is 15.0 Å². The molecule has 3 rings (SSSR count). The van der Waals surface area contributed by atoms with Gasteiger partial charge in [-0.05, 0) is 41.6 Å². The Bertz CT molecular complexity index is 934. The minimum absolute atomic E-state index is 0.0321. The summed E-state index contributed by atoms with van der Waals surface area (Å²) >= 11 is 3.56. The van der Waals surface area contributed by atoms with Crippen LogP contribution >= 0.6 is 15.9 Å². The van der Waals surface area contributed by atoms with Crippen LogP contribution in [-0.4, -0.2) is 18.8 Å². The molecule has 0 unspecified atom stereocenters. The highest BCUT2D eigenvalue weighted by molar-refractivity contribution is 9.10. The van der Waals surface area contributed by atoms with Crippen LogP contribution in [0.5, 0.6) is 11.5 Å². The number of nitrogens with zero attached hydrogens (tertiary/aromatic N) is 1. The van der Waals surface area contributed by atoms with Gasteiger partial charge in [-0.25, -0.2) is 0 Å². The van der Waals surface area contributed by atoms with Crippen molar-refractivity contribution in [3.05, 3.63) is 69.1 Å². The molecule has 24 heavy (non-hydrogen) atoms. The third-order valence-electron chi connectivity index (χ3n) is 4.06. The van der Waals surface area contributed by atoms with Crippen LogP contribution in [0.2, 0.25) is 0 Å². The SMILES string of the molecule is COc1cc(Br)c(CCn2ccc3ccccc3c2=O)cc1OC. The Morgan fingerprint density at radius 3 is 2.50 bits per heavy atom. The van der Waals surface area contributed by atoms with Crippen molar-refractivity contribution in [3.8, 4) is 11.5 Å². The van der Waals surface area contributed by atoms with Crippen LogP contribution in [-0.2, 0) is 13.0 Å². The number of ether oxygens (including phenoxy) is 2. The molecule has 0 fully saturated rings. The van der Waals surface area contributed by atoms with E-state index in [-0.39, 0.29) is 5.56 Å². The minimum Gasteiger partial charge on any atom is -0.493 e. The topological polar surface area (TPSA) is 40.5 Å². The lowest BCUT2D eigenvalue weighted by atomic mass is 10.1. The van der Waals surface area contributed by atoms with Crippen molar-refractivity contribution >= 4 is 26.7 Å². The fourth-order valence-electron chi connectivity index (χ4n) is 2.73. The average molecular weight is 388 g/mol. The molecule has 0 saturated carbocycles. The lowest BCUT2D eigenvalue weighted by Gasteiger charge is -2.13. The summed E-state index contributed by atoms with van der Waals surface area (Å²) in [5, 5.41) is 1.71. The van der Waals surface area contributed by atoms with Gasteiger partial charge in [0.25, 0.3) is 5.56 Å². The van der Waals surface area contributed by atoms with E-state index in [4.69, 9.17) is 9.47 Å². The number of halogens is 1. The number of fused-ring (bicyclic) bond motifs is 1. The monoisotopic (exact) mass is 387 g/mol. The Balaban J connectivity index is 1.89. The highest BCUT2D eigenvalue weighted by Gasteiger charge is 2.10. The van der Waals surface area contributed by atoms with Gasteiger partial charge < -0.3 is 14.0 Å². The van der Waals surface area contributed by atoms with Crippen LogP contribution in [0, 0.1) is 0 Å². The normalized spacial score (nSPS) is 10.8. The van der Waals surface area contributed by atoms with Crippen LogP contribution in [0.4, 0.5) is 0 Å². The fourth-order valence-corrected chi connectivity index (χ4v) is 3.26. The van der Waals surface area contributed by atoms with Crippen molar-refractivity contribution in [1.29, 1.82) is 0 Å². The first-order valence-corrected chi connectivity index (χ1v) is 8.42. The lowest BCUT2D eigenvalue weighted by molar-refractivity contribution is 0.354. The molecule has 2 aromatic carbocycles. The first kappa shape index (κ1) is 16.6. The van der Waals surface area contributed by atoms with Gasteiger partial charge in [-0.3, -0.25) is 4.79 Å². The van der Waals surface area contributed by atoms with Gasteiger partial charge in [0, 0.05) is 22.6 Å². The van der Waals surface area contributed by atoms with Crippen LogP contribution in [0.3, 0.4) is 0 Å². The standard InChI is InChI=1S/C19H18BrNO3/c1-23-17-11-14(16(20)12-18(17)24-2)8-10-21-9-7-13-5-3-4-6-15(13)19(21)22/h3-7,9,11-12H,8,10H2,1-2H3. The summed E-state index contributed by atoms with van der Waals surface area (Å²) in [6.45, 7) is 0.595. The summed E-state index contributed by atoms with van der Waals surface area (Å²) < 4.78 is 13.3. The number of aryl methyl sites for hydroxylation is 2. The van der Waals surface area contributed by atoms with Crippen LogP contribution in [0.15, 0.2) is 57.9 Å². The molecule has 0 aliphatic heterocycles. The molecule has 0 spiro atoms. The molecule has 0 atom stereocenters. The van der Waals surface area contributed by atoms with Crippen molar-refractivity contribution in [3.63, 3.8) is 0 Å². The Morgan fingerprint density at radius 1 is 1.04 bits per heavy atom. The van der Waals surface area contributed by atoms with Gasteiger partial charge in [0.2, 0.25) is 0 Å². The van der Waals surface area contributed by atoms with Gasteiger partial charge in [-0.15, -0.1) is 0 Å². The fraction of sp³-hybridized carbons (Fsp3) is 0.211. The molecular formula is C19H18BrNO3. The minimum atomic E-state index is 0.0321. The molecule has 0 aliphatic carbocycles. The highest BCUT2D eigenvalue weighted by atomic mass is 79.9. The van der Waals surface area contributed by atoms with Crippen molar-refractivity contribution in [1.82, 2.24) is 4.57 Å². The molecule has 0 bridgehead atoms. The van der Waals surface area contributed by atoms with Gasteiger partial charge in [0.05, 0.1) is 14.2 Å². The van der Waals surface area contributed by atoms with E-state index in [1.54, 1.807) is 18.8 Å². The second-order valence-corrected chi connectivity index (χ2v) is 6.30. The van der Waals surface area contributed by atoms with Crippen molar-refractivity contribution in [2.45, 2.75) is 13.0 Å². The van der Waals surface area contributed by atoms with E-state index >= 15 is 0 Å². The van der Waals surface area contributed by atoms with Crippen LogP contribution in [0.25, 0.3) is 10.8 Å². The van der Waals surface area contributed by atoms with Crippen LogP contribution in [0.1, 0.15) is 5.56 Å². The van der Waals surface area contributed by atoms with E-state index in [1.807, 2.05) is 48.7 Å². The van der Waals surface area contributed by atoms with Gasteiger partial charge >= 0.3 is 0 Å². The van der Waals surface area contributed by atoms with Crippen molar-refractivity contribution < 1.29 is 9.47 Å². The molecule has 0 aliphatic rings. The van der Waals surface area contributed by atoms with Crippen molar-refractivity contribution in [2.24, 2.45) is 0 Å². The van der Waals surface area contributed by atoms with Gasteiger partial charge in [-0.1, -0.05) is 34.1 Å². The number of pyridine rings is 1. The smallest absolute Gasteiger partial charge is 0.258 e. The molecule has 1 aromatic heterocycles.